The van der Waals surface area contributed by atoms with Crippen LogP contribution >= 0.6 is 11.6 Å². The van der Waals surface area contributed by atoms with Gasteiger partial charge in [0, 0.05) is 17.0 Å². The molecule has 0 fully saturated rings. The summed E-state index contributed by atoms with van der Waals surface area (Å²) in [6.07, 6.45) is 0.545. The summed E-state index contributed by atoms with van der Waals surface area (Å²) in [5, 5.41) is 13.2. The lowest BCUT2D eigenvalue weighted by Crippen LogP contribution is -2.02. The van der Waals surface area contributed by atoms with Crippen molar-refractivity contribution in [2.24, 2.45) is 0 Å². The van der Waals surface area contributed by atoms with Gasteiger partial charge in [-0.15, -0.1) is 0 Å². The molecular formula is C13H11ClN2O3. The maximum Gasteiger partial charge on any atom is 0.331 e. The summed E-state index contributed by atoms with van der Waals surface area (Å²) in [6.45, 7) is 3.41. The smallest absolute Gasteiger partial charge is 0.331 e. The summed E-state index contributed by atoms with van der Waals surface area (Å²) in [7, 11) is 0. The minimum atomic E-state index is -1.07. The molecule has 2 aromatic rings. The number of benzene rings is 1. The van der Waals surface area contributed by atoms with Gasteiger partial charge in [-0.3, -0.25) is 0 Å². The van der Waals surface area contributed by atoms with Crippen LogP contribution in [0, 0.1) is 0 Å². The highest BCUT2D eigenvalue weighted by atomic mass is 35.5. The van der Waals surface area contributed by atoms with Crippen LogP contribution in [0.25, 0.3) is 0 Å². The molecule has 1 aromatic heterocycles. The van der Waals surface area contributed by atoms with Crippen molar-refractivity contribution in [2.45, 2.75) is 12.8 Å². The van der Waals surface area contributed by atoms with Crippen LogP contribution in [0.3, 0.4) is 0 Å². The normalized spacial score (nSPS) is 10.4. The van der Waals surface area contributed by atoms with E-state index in [-0.39, 0.29) is 17.9 Å². The largest absolute Gasteiger partial charge is 0.478 e. The van der Waals surface area contributed by atoms with Crippen LogP contribution in [-0.2, 0) is 17.6 Å². The predicted molar refractivity (Wildman–Crippen MR) is 69.0 cm³/mol. The van der Waals surface area contributed by atoms with Crippen molar-refractivity contribution in [3.05, 3.63) is 58.7 Å². The highest BCUT2D eigenvalue weighted by Gasteiger charge is 2.12. The first-order chi connectivity index (χ1) is 9.04. The van der Waals surface area contributed by atoms with Crippen molar-refractivity contribution >= 4 is 17.6 Å². The standard InChI is InChI=1S/C13H11ClN2O3/c1-8(13(17)18)6-12-15-11(16-19-12)7-9-2-4-10(14)5-3-9/h2-5H,1,6-7H2,(H,17,18). The molecule has 0 atom stereocenters. The topological polar surface area (TPSA) is 76.2 Å². The van der Waals surface area contributed by atoms with E-state index in [1.807, 2.05) is 12.1 Å². The SMILES string of the molecule is C=C(Cc1nc(Cc2ccc(Cl)cc2)no1)C(=O)O. The fourth-order valence-corrected chi connectivity index (χ4v) is 1.60. The molecule has 19 heavy (non-hydrogen) atoms. The fourth-order valence-electron chi connectivity index (χ4n) is 1.48. The summed E-state index contributed by atoms with van der Waals surface area (Å²) < 4.78 is 4.97. The number of nitrogens with zero attached hydrogens (tertiary/aromatic N) is 2. The Hall–Kier alpha value is -2.14. The van der Waals surface area contributed by atoms with Crippen LogP contribution in [0.4, 0.5) is 0 Å². The van der Waals surface area contributed by atoms with Crippen molar-refractivity contribution in [3.8, 4) is 0 Å². The van der Waals surface area contributed by atoms with Crippen LogP contribution < -0.4 is 0 Å². The van der Waals surface area contributed by atoms with Crippen molar-refractivity contribution in [3.63, 3.8) is 0 Å². The summed E-state index contributed by atoms with van der Waals surface area (Å²) in [6, 6.07) is 7.30. The monoisotopic (exact) mass is 278 g/mol. The quantitative estimate of drug-likeness (QED) is 0.850. The highest BCUT2D eigenvalue weighted by Crippen LogP contribution is 2.13. The second-order valence-corrected chi connectivity index (χ2v) is 4.43. The van der Waals surface area contributed by atoms with Gasteiger partial charge in [-0.1, -0.05) is 35.5 Å². The number of carbonyl (C=O) groups is 1. The van der Waals surface area contributed by atoms with Crippen LogP contribution in [-0.4, -0.2) is 21.2 Å². The minimum Gasteiger partial charge on any atom is -0.478 e. The van der Waals surface area contributed by atoms with Crippen LogP contribution in [0.1, 0.15) is 17.3 Å². The summed E-state index contributed by atoms with van der Waals surface area (Å²) in [5.74, 6) is -0.329. The third-order valence-corrected chi connectivity index (χ3v) is 2.70. The number of carboxylic acid groups (broad SMARTS) is 1. The van der Waals surface area contributed by atoms with E-state index in [1.54, 1.807) is 12.1 Å². The van der Waals surface area contributed by atoms with E-state index in [2.05, 4.69) is 16.7 Å². The molecule has 0 aliphatic carbocycles. The first-order valence-corrected chi connectivity index (χ1v) is 5.89. The van der Waals surface area contributed by atoms with E-state index in [9.17, 15) is 4.79 Å². The fraction of sp³-hybridized carbons (Fsp3) is 0.154. The van der Waals surface area contributed by atoms with Gasteiger partial charge in [0.25, 0.3) is 0 Å². The van der Waals surface area contributed by atoms with Gasteiger partial charge in [-0.25, -0.2) is 4.79 Å². The summed E-state index contributed by atoms with van der Waals surface area (Å²) in [5.41, 5.74) is 1.01. The van der Waals surface area contributed by atoms with Crippen molar-refractivity contribution < 1.29 is 14.4 Å². The lowest BCUT2D eigenvalue weighted by atomic mass is 10.1. The number of halogens is 1. The van der Waals surface area contributed by atoms with E-state index >= 15 is 0 Å². The number of hydrogen-bond acceptors (Lipinski definition) is 4. The van der Waals surface area contributed by atoms with Gasteiger partial charge in [0.15, 0.2) is 5.82 Å². The Balaban J connectivity index is 2.03. The first kappa shape index (κ1) is 13.3. The number of rotatable bonds is 5. The molecule has 1 heterocycles. The van der Waals surface area contributed by atoms with Gasteiger partial charge in [0.1, 0.15) is 0 Å². The zero-order valence-electron chi connectivity index (χ0n) is 9.97. The number of hydrogen-bond donors (Lipinski definition) is 1. The number of aliphatic carboxylic acids is 1. The Morgan fingerprint density at radius 2 is 2.05 bits per heavy atom. The lowest BCUT2D eigenvalue weighted by Gasteiger charge is -1.96. The van der Waals surface area contributed by atoms with Crippen molar-refractivity contribution in [1.29, 1.82) is 0 Å². The van der Waals surface area contributed by atoms with E-state index in [0.717, 1.165) is 5.56 Å². The van der Waals surface area contributed by atoms with Gasteiger partial charge < -0.3 is 9.63 Å². The molecule has 0 amide bonds. The van der Waals surface area contributed by atoms with Crippen LogP contribution in [0.15, 0.2) is 40.9 Å². The molecule has 0 saturated carbocycles. The Bertz CT molecular complexity index is 605. The maximum absolute atomic E-state index is 10.6. The molecular weight excluding hydrogens is 268 g/mol. The average molecular weight is 279 g/mol. The second-order valence-electron chi connectivity index (χ2n) is 3.99. The maximum atomic E-state index is 10.6. The first-order valence-electron chi connectivity index (χ1n) is 5.51. The summed E-state index contributed by atoms with van der Waals surface area (Å²) in [4.78, 5) is 14.7. The van der Waals surface area contributed by atoms with Gasteiger partial charge in [0.2, 0.25) is 5.89 Å². The molecule has 0 unspecified atom stereocenters. The molecule has 0 spiro atoms. The molecule has 2 rings (SSSR count). The van der Waals surface area contributed by atoms with Crippen LogP contribution in [0.2, 0.25) is 5.02 Å². The Morgan fingerprint density at radius 3 is 2.68 bits per heavy atom. The molecule has 98 valence electrons. The number of carboxylic acids is 1. The Morgan fingerprint density at radius 1 is 1.37 bits per heavy atom. The molecule has 6 heteroatoms. The van der Waals surface area contributed by atoms with E-state index < -0.39 is 5.97 Å². The molecule has 0 saturated heterocycles. The molecule has 5 nitrogen and oxygen atoms in total. The Kier molecular flexibility index (Phi) is 3.97. The van der Waals surface area contributed by atoms with E-state index in [0.29, 0.717) is 17.3 Å². The average Bonchev–Trinajstić information content (AvgIpc) is 2.79. The molecule has 0 radical (unpaired) electrons. The lowest BCUT2D eigenvalue weighted by molar-refractivity contribution is -0.132. The van der Waals surface area contributed by atoms with Gasteiger partial charge >= 0.3 is 5.97 Å². The van der Waals surface area contributed by atoms with Crippen molar-refractivity contribution in [2.75, 3.05) is 0 Å². The molecule has 0 aliphatic heterocycles. The Labute approximate surface area is 114 Å². The summed E-state index contributed by atoms with van der Waals surface area (Å²) >= 11 is 5.79. The third-order valence-electron chi connectivity index (χ3n) is 2.45. The second kappa shape index (κ2) is 5.67. The predicted octanol–water partition coefficient (Wildman–Crippen LogP) is 2.50. The number of aromatic nitrogens is 2. The minimum absolute atomic E-state index is 0.0155. The van der Waals surface area contributed by atoms with Crippen LogP contribution in [0.5, 0.6) is 0 Å². The molecule has 0 bridgehead atoms. The molecule has 1 aromatic carbocycles. The van der Waals surface area contributed by atoms with Gasteiger partial charge in [-0.05, 0) is 17.7 Å². The molecule has 0 aliphatic rings. The van der Waals surface area contributed by atoms with Gasteiger partial charge in [0.05, 0.1) is 6.42 Å². The van der Waals surface area contributed by atoms with Gasteiger partial charge in [-0.2, -0.15) is 4.98 Å². The van der Waals surface area contributed by atoms with Crippen molar-refractivity contribution in [1.82, 2.24) is 10.1 Å². The molecule has 1 N–H and O–H groups in total. The van der Waals surface area contributed by atoms with E-state index in [4.69, 9.17) is 21.2 Å². The zero-order chi connectivity index (χ0) is 13.8. The zero-order valence-corrected chi connectivity index (χ0v) is 10.7. The highest BCUT2D eigenvalue weighted by molar-refractivity contribution is 6.30. The third kappa shape index (κ3) is 3.66. The van der Waals surface area contributed by atoms with E-state index in [1.165, 1.54) is 0 Å².